The number of rotatable bonds is 3. The molecule has 0 saturated carbocycles. The zero-order valence-electron chi connectivity index (χ0n) is 10.6. The molecule has 6 heteroatoms. The molecule has 0 atom stereocenters. The van der Waals surface area contributed by atoms with E-state index in [2.05, 4.69) is 10.4 Å². The number of carbonyl (C=O) groups is 1. The van der Waals surface area contributed by atoms with Crippen molar-refractivity contribution in [1.82, 2.24) is 15.1 Å². The number of nitrogens with one attached hydrogen (secondary N) is 1. The zero-order chi connectivity index (χ0) is 14.0. The molecule has 1 amide bonds. The minimum atomic E-state index is -0.875. The van der Waals surface area contributed by atoms with Gasteiger partial charge in [-0.05, 0) is 19.1 Å². The van der Waals surface area contributed by atoms with Crippen LogP contribution in [0.25, 0.3) is 0 Å². The summed E-state index contributed by atoms with van der Waals surface area (Å²) in [5.41, 5.74) is 0.994. The van der Waals surface area contributed by atoms with E-state index >= 15 is 0 Å². The fourth-order valence-electron chi connectivity index (χ4n) is 1.80. The van der Waals surface area contributed by atoms with Gasteiger partial charge in [-0.25, -0.2) is 8.78 Å². The van der Waals surface area contributed by atoms with Gasteiger partial charge in [-0.2, -0.15) is 5.10 Å². The second-order valence-corrected chi connectivity index (χ2v) is 4.19. The molecule has 1 N–H and O–H groups in total. The molecule has 1 heterocycles. The molecular formula is C13H13F2N3O. The van der Waals surface area contributed by atoms with E-state index in [9.17, 15) is 13.6 Å². The largest absolute Gasteiger partial charge is 0.348 e. The lowest BCUT2D eigenvalue weighted by molar-refractivity contribution is 0.0942. The maximum atomic E-state index is 13.4. The third kappa shape index (κ3) is 2.78. The first kappa shape index (κ1) is 13.2. The smallest absolute Gasteiger partial charge is 0.257 e. The fourth-order valence-corrected chi connectivity index (χ4v) is 1.80. The summed E-state index contributed by atoms with van der Waals surface area (Å²) in [6, 6.07) is 3.31. The third-order valence-corrected chi connectivity index (χ3v) is 2.74. The monoisotopic (exact) mass is 265 g/mol. The van der Waals surface area contributed by atoms with Crippen molar-refractivity contribution >= 4 is 5.91 Å². The predicted molar refractivity (Wildman–Crippen MR) is 65.5 cm³/mol. The van der Waals surface area contributed by atoms with Crippen LogP contribution in [-0.4, -0.2) is 15.7 Å². The van der Waals surface area contributed by atoms with Crippen LogP contribution in [0.2, 0.25) is 0 Å². The molecule has 100 valence electrons. The summed E-state index contributed by atoms with van der Waals surface area (Å²) in [4.78, 5) is 11.8. The number of aromatic nitrogens is 2. The summed E-state index contributed by atoms with van der Waals surface area (Å²) in [6.45, 7) is 1.97. The van der Waals surface area contributed by atoms with Gasteiger partial charge < -0.3 is 5.32 Å². The highest BCUT2D eigenvalue weighted by molar-refractivity contribution is 5.94. The van der Waals surface area contributed by atoms with Crippen molar-refractivity contribution < 1.29 is 13.6 Å². The van der Waals surface area contributed by atoms with Gasteiger partial charge in [0.2, 0.25) is 0 Å². The maximum Gasteiger partial charge on any atom is 0.257 e. The quantitative estimate of drug-likeness (QED) is 0.921. The number of hydrogen-bond acceptors (Lipinski definition) is 2. The third-order valence-electron chi connectivity index (χ3n) is 2.74. The Balaban J connectivity index is 2.12. The van der Waals surface area contributed by atoms with Crippen LogP contribution in [0.15, 0.2) is 24.4 Å². The lowest BCUT2D eigenvalue weighted by Gasteiger charge is -2.06. The van der Waals surface area contributed by atoms with Crippen molar-refractivity contribution in [2.45, 2.75) is 13.5 Å². The van der Waals surface area contributed by atoms with Crippen molar-refractivity contribution in [3.8, 4) is 0 Å². The number of hydrogen-bond donors (Lipinski definition) is 1. The van der Waals surface area contributed by atoms with Gasteiger partial charge in [0.1, 0.15) is 17.2 Å². The summed E-state index contributed by atoms with van der Waals surface area (Å²) in [5.74, 6) is -2.53. The van der Waals surface area contributed by atoms with E-state index in [-0.39, 0.29) is 6.54 Å². The summed E-state index contributed by atoms with van der Waals surface area (Å²) in [5, 5.41) is 6.59. The summed E-state index contributed by atoms with van der Waals surface area (Å²) < 4.78 is 28.4. The van der Waals surface area contributed by atoms with E-state index in [1.807, 2.05) is 0 Å². The summed E-state index contributed by atoms with van der Waals surface area (Å²) in [6.07, 6.45) is 1.74. The van der Waals surface area contributed by atoms with Crippen LogP contribution in [0.4, 0.5) is 8.78 Å². The van der Waals surface area contributed by atoms with Crippen LogP contribution in [0.1, 0.15) is 21.6 Å². The van der Waals surface area contributed by atoms with Gasteiger partial charge in [-0.1, -0.05) is 6.07 Å². The molecular weight excluding hydrogens is 252 g/mol. The van der Waals surface area contributed by atoms with Gasteiger partial charge in [-0.15, -0.1) is 0 Å². The molecule has 0 unspecified atom stereocenters. The van der Waals surface area contributed by atoms with Crippen LogP contribution in [0.5, 0.6) is 0 Å². The van der Waals surface area contributed by atoms with Gasteiger partial charge >= 0.3 is 0 Å². The molecule has 19 heavy (non-hydrogen) atoms. The molecule has 0 fully saturated rings. The van der Waals surface area contributed by atoms with E-state index in [0.29, 0.717) is 0 Å². The fraction of sp³-hybridized carbons (Fsp3) is 0.231. The molecule has 2 aromatic rings. The molecule has 0 radical (unpaired) electrons. The normalized spacial score (nSPS) is 10.5. The summed E-state index contributed by atoms with van der Waals surface area (Å²) >= 11 is 0. The molecule has 1 aromatic carbocycles. The number of halogens is 2. The van der Waals surface area contributed by atoms with Gasteiger partial charge in [0.15, 0.2) is 0 Å². The van der Waals surface area contributed by atoms with Crippen molar-refractivity contribution in [3.63, 3.8) is 0 Å². The van der Waals surface area contributed by atoms with E-state index in [0.717, 1.165) is 23.4 Å². The Bertz CT molecular complexity index is 602. The average molecular weight is 265 g/mol. The van der Waals surface area contributed by atoms with E-state index in [4.69, 9.17) is 0 Å². The number of carbonyl (C=O) groups excluding carboxylic acids is 1. The van der Waals surface area contributed by atoms with Crippen LogP contribution >= 0.6 is 0 Å². The number of nitrogens with zero attached hydrogens (tertiary/aromatic N) is 2. The number of amides is 1. The standard InChI is InChI=1S/C13H13F2N3O/c1-8-9(7-18(2)17-8)6-16-13(19)12-10(14)4-3-5-11(12)15/h3-5,7H,6H2,1-2H3,(H,16,19). The number of aryl methyl sites for hydroxylation is 2. The minimum Gasteiger partial charge on any atom is -0.348 e. The lowest BCUT2D eigenvalue weighted by Crippen LogP contribution is -2.25. The number of benzene rings is 1. The Hall–Kier alpha value is -2.24. The van der Waals surface area contributed by atoms with Gasteiger partial charge in [0.05, 0.1) is 5.69 Å². The molecule has 4 nitrogen and oxygen atoms in total. The van der Waals surface area contributed by atoms with E-state index in [1.165, 1.54) is 6.07 Å². The second-order valence-electron chi connectivity index (χ2n) is 4.19. The van der Waals surface area contributed by atoms with Crippen LogP contribution in [-0.2, 0) is 13.6 Å². The van der Waals surface area contributed by atoms with Crippen molar-refractivity contribution in [3.05, 3.63) is 52.9 Å². The van der Waals surface area contributed by atoms with Crippen molar-refractivity contribution in [2.24, 2.45) is 7.05 Å². The van der Waals surface area contributed by atoms with Crippen LogP contribution in [0, 0.1) is 18.6 Å². The molecule has 0 aliphatic carbocycles. The average Bonchev–Trinajstić information content (AvgIpc) is 2.65. The molecule has 0 aliphatic rings. The first-order chi connectivity index (χ1) is 8.99. The molecule has 1 aromatic heterocycles. The molecule has 0 bridgehead atoms. The highest BCUT2D eigenvalue weighted by atomic mass is 19.1. The van der Waals surface area contributed by atoms with Gasteiger partial charge in [-0.3, -0.25) is 9.48 Å². The predicted octanol–water partition coefficient (Wildman–Crippen LogP) is 1.94. The lowest BCUT2D eigenvalue weighted by atomic mass is 10.1. The van der Waals surface area contributed by atoms with Gasteiger partial charge in [0.25, 0.3) is 5.91 Å². The first-order valence-electron chi connectivity index (χ1n) is 5.70. The zero-order valence-corrected chi connectivity index (χ0v) is 10.6. The molecule has 0 aliphatic heterocycles. The highest BCUT2D eigenvalue weighted by Gasteiger charge is 2.17. The topological polar surface area (TPSA) is 46.9 Å². The highest BCUT2D eigenvalue weighted by Crippen LogP contribution is 2.12. The molecule has 2 rings (SSSR count). The Morgan fingerprint density at radius 3 is 2.53 bits per heavy atom. The minimum absolute atomic E-state index is 0.173. The Labute approximate surface area is 109 Å². The Kier molecular flexibility index (Phi) is 3.59. The van der Waals surface area contributed by atoms with Crippen LogP contribution in [0.3, 0.4) is 0 Å². The van der Waals surface area contributed by atoms with Crippen molar-refractivity contribution in [1.29, 1.82) is 0 Å². The van der Waals surface area contributed by atoms with E-state index < -0.39 is 23.1 Å². The SMILES string of the molecule is Cc1nn(C)cc1CNC(=O)c1c(F)cccc1F. The van der Waals surface area contributed by atoms with Crippen LogP contribution < -0.4 is 5.32 Å². The Morgan fingerprint density at radius 2 is 2.00 bits per heavy atom. The molecule has 0 spiro atoms. The first-order valence-corrected chi connectivity index (χ1v) is 5.70. The Morgan fingerprint density at radius 1 is 1.37 bits per heavy atom. The summed E-state index contributed by atoms with van der Waals surface area (Å²) in [7, 11) is 1.76. The maximum absolute atomic E-state index is 13.4. The molecule has 0 saturated heterocycles. The second kappa shape index (κ2) is 5.17. The van der Waals surface area contributed by atoms with Gasteiger partial charge in [0, 0.05) is 25.4 Å². The van der Waals surface area contributed by atoms with Crippen molar-refractivity contribution in [2.75, 3.05) is 0 Å². The van der Waals surface area contributed by atoms with E-state index in [1.54, 1.807) is 24.9 Å².